The van der Waals surface area contributed by atoms with Gasteiger partial charge in [-0.2, -0.15) is 0 Å². The molecule has 0 fully saturated rings. The van der Waals surface area contributed by atoms with Gasteiger partial charge in [0.25, 0.3) is 0 Å². The molecule has 0 aromatic heterocycles. The van der Waals surface area contributed by atoms with E-state index in [1.54, 1.807) is 7.11 Å². The Morgan fingerprint density at radius 1 is 0.870 bits per heavy atom. The average Bonchev–Trinajstić information content (AvgIpc) is 2.61. The molecule has 0 saturated carbocycles. The van der Waals surface area contributed by atoms with Gasteiger partial charge in [-0.1, -0.05) is 35.8 Å². The zero-order valence-electron chi connectivity index (χ0n) is 13.3. The third-order valence-corrected chi connectivity index (χ3v) is 3.29. The summed E-state index contributed by atoms with van der Waals surface area (Å²) in [6.07, 6.45) is 2.51. The highest BCUT2D eigenvalue weighted by Crippen LogP contribution is 2.11. The van der Waals surface area contributed by atoms with Crippen LogP contribution in [0.15, 0.2) is 48.5 Å². The number of hydrogen-bond donors (Lipinski definition) is 1. The molecule has 0 atom stereocenters. The molecule has 0 unspecified atom stereocenters. The van der Waals surface area contributed by atoms with Gasteiger partial charge in [-0.3, -0.25) is 0 Å². The second-order valence-electron chi connectivity index (χ2n) is 5.01. The number of rotatable bonds is 4. The van der Waals surface area contributed by atoms with Crippen LogP contribution in [0.2, 0.25) is 0 Å². The van der Waals surface area contributed by atoms with Crippen molar-refractivity contribution in [1.82, 2.24) is 0 Å². The van der Waals surface area contributed by atoms with Crippen LogP contribution in [0.4, 0.5) is 0 Å². The Hall–Kier alpha value is -2.68. The minimum atomic E-state index is 0.228. The molecule has 0 bridgehead atoms. The summed E-state index contributed by atoms with van der Waals surface area (Å²) < 4.78 is 5.14. The smallest absolute Gasteiger partial charge is 0.118 e. The first kappa shape index (κ1) is 16.7. The second-order valence-corrected chi connectivity index (χ2v) is 5.01. The van der Waals surface area contributed by atoms with Gasteiger partial charge in [0, 0.05) is 29.7 Å². The maximum absolute atomic E-state index is 8.76. The molecular weight excluding hydrogens is 284 g/mol. The molecule has 0 amide bonds. The Morgan fingerprint density at radius 2 is 1.57 bits per heavy atom. The van der Waals surface area contributed by atoms with Gasteiger partial charge in [0.2, 0.25) is 0 Å². The van der Waals surface area contributed by atoms with Gasteiger partial charge in [-0.05, 0) is 49.2 Å². The van der Waals surface area contributed by atoms with Crippen molar-refractivity contribution < 1.29 is 9.84 Å². The number of methoxy groups -OCH3 is 1. The lowest BCUT2D eigenvalue weighted by molar-refractivity contribution is 0.285. The Bertz CT molecular complexity index is 737. The number of aliphatic hydroxyl groups is 1. The molecule has 0 aliphatic rings. The molecule has 0 spiro atoms. The van der Waals surface area contributed by atoms with Gasteiger partial charge in [0.15, 0.2) is 0 Å². The first-order chi connectivity index (χ1) is 11.3. The Balaban J connectivity index is 2.12. The molecule has 2 aromatic carbocycles. The third-order valence-electron chi connectivity index (χ3n) is 3.29. The monoisotopic (exact) mass is 304 g/mol. The molecule has 116 valence electrons. The van der Waals surface area contributed by atoms with E-state index in [4.69, 9.17) is 9.84 Å². The van der Waals surface area contributed by atoms with Crippen LogP contribution >= 0.6 is 0 Å². The maximum Gasteiger partial charge on any atom is 0.118 e. The van der Waals surface area contributed by atoms with Crippen molar-refractivity contribution in [3.05, 3.63) is 65.2 Å². The van der Waals surface area contributed by atoms with E-state index >= 15 is 0 Å². The molecule has 0 heterocycles. The standard InChI is InChI=1S/C21H20O2/c1-23-21-15-12-18(13-16-21)11-14-20-10-6-5-9-19(20)8-4-2-3-7-17-22/h5-6,9-10,12-13,15-16,22H,2-3,7,17H2,1H3. The van der Waals surface area contributed by atoms with E-state index in [1.807, 2.05) is 48.5 Å². The van der Waals surface area contributed by atoms with Crippen molar-refractivity contribution in [1.29, 1.82) is 0 Å². The minimum Gasteiger partial charge on any atom is -0.497 e. The van der Waals surface area contributed by atoms with Crippen LogP contribution in [0.5, 0.6) is 5.75 Å². The van der Waals surface area contributed by atoms with Crippen molar-refractivity contribution in [2.24, 2.45) is 0 Å². The van der Waals surface area contributed by atoms with Gasteiger partial charge in [-0.15, -0.1) is 0 Å². The molecule has 0 aliphatic heterocycles. The van der Waals surface area contributed by atoms with Crippen molar-refractivity contribution in [3.8, 4) is 29.4 Å². The van der Waals surface area contributed by atoms with E-state index in [2.05, 4.69) is 23.7 Å². The summed E-state index contributed by atoms with van der Waals surface area (Å²) >= 11 is 0. The number of aliphatic hydroxyl groups excluding tert-OH is 1. The zero-order valence-corrected chi connectivity index (χ0v) is 13.3. The maximum atomic E-state index is 8.76. The third kappa shape index (κ3) is 5.55. The fraction of sp³-hybridized carbons (Fsp3) is 0.238. The molecular formula is C21H20O2. The van der Waals surface area contributed by atoms with E-state index in [9.17, 15) is 0 Å². The lowest BCUT2D eigenvalue weighted by atomic mass is 10.1. The predicted molar refractivity (Wildman–Crippen MR) is 93.2 cm³/mol. The highest BCUT2D eigenvalue weighted by Gasteiger charge is 1.95. The molecule has 1 N–H and O–H groups in total. The normalized spacial score (nSPS) is 9.30. The summed E-state index contributed by atoms with van der Waals surface area (Å²) in [6, 6.07) is 15.6. The fourth-order valence-electron chi connectivity index (χ4n) is 2.00. The molecule has 2 heteroatoms. The first-order valence-electron chi connectivity index (χ1n) is 7.68. The van der Waals surface area contributed by atoms with Crippen LogP contribution in [-0.4, -0.2) is 18.8 Å². The zero-order chi connectivity index (χ0) is 16.3. The summed E-state index contributed by atoms with van der Waals surface area (Å²) in [5.41, 5.74) is 2.81. The fourth-order valence-corrected chi connectivity index (χ4v) is 2.00. The Morgan fingerprint density at radius 3 is 2.22 bits per heavy atom. The van der Waals surface area contributed by atoms with E-state index in [0.29, 0.717) is 0 Å². The molecule has 0 radical (unpaired) electrons. The lowest BCUT2D eigenvalue weighted by Crippen LogP contribution is -1.85. The quantitative estimate of drug-likeness (QED) is 0.691. The van der Waals surface area contributed by atoms with E-state index in [-0.39, 0.29) is 6.61 Å². The first-order valence-corrected chi connectivity index (χ1v) is 7.68. The van der Waals surface area contributed by atoms with Crippen LogP contribution in [-0.2, 0) is 0 Å². The van der Waals surface area contributed by atoms with Crippen LogP contribution in [0.1, 0.15) is 36.0 Å². The lowest BCUT2D eigenvalue weighted by Gasteiger charge is -1.98. The van der Waals surface area contributed by atoms with Gasteiger partial charge in [0.1, 0.15) is 5.75 Å². The van der Waals surface area contributed by atoms with Crippen LogP contribution in [0.3, 0.4) is 0 Å². The van der Waals surface area contributed by atoms with Gasteiger partial charge in [0.05, 0.1) is 7.11 Å². The molecule has 0 aliphatic carbocycles. The average molecular weight is 304 g/mol. The molecule has 23 heavy (non-hydrogen) atoms. The van der Waals surface area contributed by atoms with Gasteiger partial charge >= 0.3 is 0 Å². The van der Waals surface area contributed by atoms with Crippen LogP contribution < -0.4 is 4.74 Å². The van der Waals surface area contributed by atoms with E-state index in [1.165, 1.54) is 0 Å². The Labute approximate surface area is 138 Å². The van der Waals surface area contributed by atoms with Gasteiger partial charge in [-0.25, -0.2) is 0 Å². The SMILES string of the molecule is COc1ccc(C#Cc2ccccc2C#CCCCCO)cc1. The van der Waals surface area contributed by atoms with E-state index < -0.39 is 0 Å². The topological polar surface area (TPSA) is 29.5 Å². The number of ether oxygens (including phenoxy) is 1. The summed E-state index contributed by atoms with van der Waals surface area (Å²) in [6.45, 7) is 0.228. The number of benzene rings is 2. The minimum absolute atomic E-state index is 0.228. The summed E-state index contributed by atoms with van der Waals surface area (Å²) in [5.74, 6) is 13.5. The van der Waals surface area contributed by atoms with Crippen molar-refractivity contribution in [2.75, 3.05) is 13.7 Å². The van der Waals surface area contributed by atoms with Crippen LogP contribution in [0, 0.1) is 23.7 Å². The number of unbranched alkanes of at least 4 members (excludes halogenated alkanes) is 2. The highest BCUT2D eigenvalue weighted by atomic mass is 16.5. The van der Waals surface area contributed by atoms with Crippen molar-refractivity contribution >= 4 is 0 Å². The largest absolute Gasteiger partial charge is 0.497 e. The van der Waals surface area contributed by atoms with Gasteiger partial charge < -0.3 is 9.84 Å². The Kier molecular flexibility index (Phi) is 6.79. The van der Waals surface area contributed by atoms with Crippen LogP contribution in [0.25, 0.3) is 0 Å². The second kappa shape index (κ2) is 9.36. The number of hydrogen-bond acceptors (Lipinski definition) is 2. The summed E-state index contributed by atoms with van der Waals surface area (Å²) in [4.78, 5) is 0. The summed E-state index contributed by atoms with van der Waals surface area (Å²) in [7, 11) is 1.65. The molecule has 2 rings (SSSR count). The molecule has 2 nitrogen and oxygen atoms in total. The van der Waals surface area contributed by atoms with E-state index in [0.717, 1.165) is 41.7 Å². The highest BCUT2D eigenvalue weighted by molar-refractivity contribution is 5.52. The van der Waals surface area contributed by atoms with Crippen molar-refractivity contribution in [3.63, 3.8) is 0 Å². The summed E-state index contributed by atoms with van der Waals surface area (Å²) in [5, 5.41) is 8.76. The predicted octanol–water partition coefficient (Wildman–Crippen LogP) is 3.61. The van der Waals surface area contributed by atoms with Crippen molar-refractivity contribution in [2.45, 2.75) is 19.3 Å². The molecule has 2 aromatic rings. The molecule has 0 saturated heterocycles.